The first kappa shape index (κ1) is 34.6. The lowest BCUT2D eigenvalue weighted by Gasteiger charge is -2.31. The Morgan fingerprint density at radius 3 is 2.39 bits per heavy atom. The number of carbonyl (C=O) groups is 1. The zero-order chi connectivity index (χ0) is 34.0. The second-order valence-electron chi connectivity index (χ2n) is 10.3. The van der Waals surface area contributed by atoms with E-state index in [1.54, 1.807) is 18.2 Å². The Kier molecular flexibility index (Phi) is 9.98. The summed E-state index contributed by atoms with van der Waals surface area (Å²) in [6, 6.07) is 7.18. The van der Waals surface area contributed by atoms with Crippen LogP contribution >= 0.6 is 0 Å². The van der Waals surface area contributed by atoms with Crippen molar-refractivity contribution in [2.45, 2.75) is 35.8 Å². The molecule has 0 spiro atoms. The van der Waals surface area contributed by atoms with Crippen LogP contribution in [0.3, 0.4) is 0 Å². The van der Waals surface area contributed by atoms with E-state index < -0.39 is 69.1 Å². The van der Waals surface area contributed by atoms with Gasteiger partial charge in [-0.2, -0.15) is 21.9 Å². The van der Waals surface area contributed by atoms with Crippen LogP contribution in [0.4, 0.5) is 33.3 Å². The van der Waals surface area contributed by atoms with Gasteiger partial charge in [-0.25, -0.2) is 17.8 Å². The van der Waals surface area contributed by atoms with Gasteiger partial charge in [0.25, 0.3) is 10.0 Å². The number of halogens is 5. The first-order valence-corrected chi connectivity index (χ1v) is 14.9. The van der Waals surface area contributed by atoms with Crippen LogP contribution in [0.25, 0.3) is 0 Å². The Bertz CT molecular complexity index is 1710. The molecule has 2 unspecified atom stereocenters. The number of pyridine rings is 1. The maximum Gasteiger partial charge on any atom is 0.419 e. The number of amides is 1. The number of benzene rings is 2. The Balaban J connectivity index is 1.64. The third kappa shape index (κ3) is 6.52. The molecule has 1 fully saturated rings. The van der Waals surface area contributed by atoms with Crippen molar-refractivity contribution in [1.29, 1.82) is 0 Å². The molecule has 1 aromatic heterocycles. The number of ether oxygens (including phenoxy) is 4. The molecule has 1 aliphatic rings. The summed E-state index contributed by atoms with van der Waals surface area (Å²) in [5, 5.41) is 1.96. The van der Waals surface area contributed by atoms with Crippen molar-refractivity contribution < 1.29 is 54.1 Å². The van der Waals surface area contributed by atoms with Crippen LogP contribution in [0.15, 0.2) is 53.7 Å². The van der Waals surface area contributed by atoms with Gasteiger partial charge in [0.05, 0.1) is 33.6 Å². The third-order valence-corrected chi connectivity index (χ3v) is 9.34. The summed E-state index contributed by atoms with van der Waals surface area (Å²) >= 11 is 0. The summed E-state index contributed by atoms with van der Waals surface area (Å²) in [6.45, 7) is -1.08. The zero-order valence-corrected chi connectivity index (χ0v) is 26.1. The van der Waals surface area contributed by atoms with Crippen molar-refractivity contribution in [3.63, 3.8) is 0 Å². The van der Waals surface area contributed by atoms with E-state index >= 15 is 0 Å². The molecule has 0 bridgehead atoms. The molecule has 17 heteroatoms. The predicted molar refractivity (Wildman–Crippen MR) is 156 cm³/mol. The SMILES string of the molecule is COc1ccc(CN(C)S(=O)(=O)c2cc(NC(=O)C3CC(OC)(C(F)(F)F)CN3c3ccc(F)c(F)c3OC)ccn2)c(OC)c1. The maximum absolute atomic E-state index is 14.6. The molecule has 3 aromatic rings. The fourth-order valence-corrected chi connectivity index (χ4v) is 6.19. The number of methoxy groups -OCH3 is 4. The number of carbonyl (C=O) groups excluding carboxylic acids is 1. The van der Waals surface area contributed by atoms with E-state index in [1.165, 1.54) is 27.3 Å². The van der Waals surface area contributed by atoms with Crippen LogP contribution in [0.1, 0.15) is 12.0 Å². The quantitative estimate of drug-likeness (QED) is 0.296. The fourth-order valence-electron chi connectivity index (χ4n) is 5.09. The highest BCUT2D eigenvalue weighted by Gasteiger charge is 2.63. The number of nitrogens with one attached hydrogen (secondary N) is 1. The van der Waals surface area contributed by atoms with Crippen LogP contribution < -0.4 is 24.4 Å². The van der Waals surface area contributed by atoms with Gasteiger partial charge in [-0.05, 0) is 24.3 Å². The molecule has 1 aliphatic heterocycles. The van der Waals surface area contributed by atoms with Crippen molar-refractivity contribution >= 4 is 27.3 Å². The number of hydrogen-bond donors (Lipinski definition) is 1. The van der Waals surface area contributed by atoms with Gasteiger partial charge in [-0.15, -0.1) is 0 Å². The number of rotatable bonds is 11. The highest BCUT2D eigenvalue weighted by Crippen LogP contribution is 2.47. The molecule has 2 heterocycles. The van der Waals surface area contributed by atoms with Crippen molar-refractivity contribution in [1.82, 2.24) is 9.29 Å². The Hall–Kier alpha value is -4.22. The van der Waals surface area contributed by atoms with Gasteiger partial charge < -0.3 is 29.2 Å². The summed E-state index contributed by atoms with van der Waals surface area (Å²) in [5.41, 5.74) is -2.77. The minimum atomic E-state index is -4.96. The molecule has 11 nitrogen and oxygen atoms in total. The highest BCUT2D eigenvalue weighted by molar-refractivity contribution is 7.89. The van der Waals surface area contributed by atoms with E-state index in [9.17, 15) is 35.2 Å². The van der Waals surface area contributed by atoms with Crippen LogP contribution in [0.2, 0.25) is 0 Å². The standard InChI is InChI=1S/C29H31F5N4O7S/c1-37(15-17-6-7-19(42-2)13-23(17)43-3)46(40,41)24-12-18(10-11-35-24)36-27(39)22-14-28(45-5,29(32,33)34)16-38(22)21-9-8-20(30)25(31)26(21)44-4/h6-13,22H,14-16H2,1-5H3,(H,35,36,39). The summed E-state index contributed by atoms with van der Waals surface area (Å²) < 4.78 is 119. The van der Waals surface area contributed by atoms with Crippen molar-refractivity contribution in [2.75, 3.05) is 52.2 Å². The Morgan fingerprint density at radius 2 is 1.78 bits per heavy atom. The van der Waals surface area contributed by atoms with E-state index in [0.29, 0.717) is 23.1 Å². The number of nitrogens with zero attached hydrogens (tertiary/aromatic N) is 3. The number of sulfonamides is 1. The van der Waals surface area contributed by atoms with Crippen LogP contribution in [-0.4, -0.2) is 83.5 Å². The van der Waals surface area contributed by atoms with Crippen molar-refractivity contribution in [3.05, 3.63) is 65.9 Å². The van der Waals surface area contributed by atoms with E-state index in [1.807, 2.05) is 0 Å². The zero-order valence-electron chi connectivity index (χ0n) is 25.3. The fraction of sp³-hybridized carbons (Fsp3) is 0.379. The van der Waals surface area contributed by atoms with Gasteiger partial charge in [-0.3, -0.25) is 4.79 Å². The molecule has 1 N–H and O–H groups in total. The number of aromatic nitrogens is 1. The highest BCUT2D eigenvalue weighted by atomic mass is 32.2. The Labute approximate surface area is 261 Å². The molecule has 4 rings (SSSR count). The molecule has 2 atom stereocenters. The molecule has 0 aliphatic carbocycles. The average Bonchev–Trinajstić information content (AvgIpc) is 3.44. The van der Waals surface area contributed by atoms with Crippen LogP contribution in [0, 0.1) is 11.6 Å². The maximum atomic E-state index is 14.6. The van der Waals surface area contributed by atoms with Gasteiger partial charge >= 0.3 is 6.18 Å². The van der Waals surface area contributed by atoms with Crippen molar-refractivity contribution in [3.8, 4) is 17.2 Å². The molecule has 1 saturated heterocycles. The van der Waals surface area contributed by atoms with E-state index in [-0.39, 0.29) is 17.9 Å². The summed E-state index contributed by atoms with van der Waals surface area (Å²) in [5.74, 6) is -3.61. The summed E-state index contributed by atoms with van der Waals surface area (Å²) in [6.07, 6.45) is -4.79. The minimum absolute atomic E-state index is 0.104. The lowest BCUT2D eigenvalue weighted by atomic mass is 9.99. The lowest BCUT2D eigenvalue weighted by Crippen LogP contribution is -2.49. The van der Waals surface area contributed by atoms with E-state index in [0.717, 1.165) is 41.8 Å². The first-order valence-electron chi connectivity index (χ1n) is 13.5. The second kappa shape index (κ2) is 13.3. The second-order valence-corrected chi connectivity index (χ2v) is 12.3. The smallest absolute Gasteiger partial charge is 0.419 e. The molecule has 1 amide bonds. The molecule has 46 heavy (non-hydrogen) atoms. The molecule has 250 valence electrons. The van der Waals surface area contributed by atoms with Crippen LogP contribution in [0.5, 0.6) is 17.2 Å². The van der Waals surface area contributed by atoms with Gasteiger partial charge in [0.1, 0.15) is 17.5 Å². The van der Waals surface area contributed by atoms with Crippen LogP contribution in [-0.2, 0) is 26.1 Å². The third-order valence-electron chi connectivity index (χ3n) is 7.64. The monoisotopic (exact) mass is 674 g/mol. The number of anilines is 2. The largest absolute Gasteiger partial charge is 0.497 e. The van der Waals surface area contributed by atoms with E-state index in [4.69, 9.17) is 18.9 Å². The molecule has 0 radical (unpaired) electrons. The molecule has 0 saturated carbocycles. The topological polar surface area (TPSA) is 120 Å². The van der Waals surface area contributed by atoms with E-state index in [2.05, 4.69) is 10.3 Å². The van der Waals surface area contributed by atoms with Gasteiger partial charge in [-0.1, -0.05) is 6.07 Å². The minimum Gasteiger partial charge on any atom is -0.497 e. The predicted octanol–water partition coefficient (Wildman–Crippen LogP) is 4.37. The summed E-state index contributed by atoms with van der Waals surface area (Å²) in [7, 11) is 1.76. The summed E-state index contributed by atoms with van der Waals surface area (Å²) in [4.78, 5) is 18.4. The normalized spacial score (nSPS) is 18.5. The average molecular weight is 675 g/mol. The lowest BCUT2D eigenvalue weighted by molar-refractivity contribution is -0.261. The number of hydrogen-bond acceptors (Lipinski definition) is 9. The molecular formula is C29H31F5N4O7S. The van der Waals surface area contributed by atoms with Gasteiger partial charge in [0.15, 0.2) is 22.2 Å². The van der Waals surface area contributed by atoms with Gasteiger partial charge in [0.2, 0.25) is 11.7 Å². The molecular weight excluding hydrogens is 643 g/mol. The van der Waals surface area contributed by atoms with Crippen molar-refractivity contribution in [2.24, 2.45) is 0 Å². The molecule has 2 aromatic carbocycles. The Morgan fingerprint density at radius 1 is 1.07 bits per heavy atom. The number of alkyl halides is 3. The first-order chi connectivity index (χ1) is 21.6. The van der Waals surface area contributed by atoms with Gasteiger partial charge in [0, 0.05) is 56.7 Å².